The molecule has 0 rings (SSSR count). The van der Waals surface area contributed by atoms with E-state index in [1.54, 1.807) is 6.92 Å². The molecule has 1 atom stereocenters. The van der Waals surface area contributed by atoms with Crippen LogP contribution >= 0.6 is 0 Å². The number of likely N-dealkylation sites (N-methyl/N-ethyl adjacent to an activating group) is 1. The van der Waals surface area contributed by atoms with E-state index in [0.717, 1.165) is 6.54 Å². The molecule has 0 aliphatic heterocycles. The molecular formula is C9H20N2O. The Morgan fingerprint density at radius 2 is 1.92 bits per heavy atom. The van der Waals surface area contributed by atoms with Crippen LogP contribution in [0.25, 0.3) is 0 Å². The van der Waals surface area contributed by atoms with Gasteiger partial charge in [0, 0.05) is 19.5 Å². The predicted octanol–water partition coefficient (Wildman–Crippen LogP) is 0.709. The molecule has 0 aliphatic carbocycles. The van der Waals surface area contributed by atoms with Gasteiger partial charge >= 0.3 is 0 Å². The molecule has 0 fully saturated rings. The molecule has 1 unspecified atom stereocenters. The van der Waals surface area contributed by atoms with E-state index in [1.807, 2.05) is 14.1 Å². The molecule has 3 heteroatoms. The van der Waals surface area contributed by atoms with Crippen LogP contribution < -0.4 is 5.32 Å². The maximum atomic E-state index is 10.8. The summed E-state index contributed by atoms with van der Waals surface area (Å²) in [6, 6.07) is 0.262. The fraction of sp³-hybridized carbons (Fsp3) is 0.889. The van der Waals surface area contributed by atoms with Crippen molar-refractivity contribution >= 4 is 5.91 Å². The molecule has 12 heavy (non-hydrogen) atoms. The average Bonchev–Trinajstić information content (AvgIpc) is 1.83. The Bertz CT molecular complexity index is 143. The van der Waals surface area contributed by atoms with Crippen LogP contribution in [-0.4, -0.2) is 37.5 Å². The van der Waals surface area contributed by atoms with Crippen molar-refractivity contribution in [1.29, 1.82) is 0 Å². The summed E-state index contributed by atoms with van der Waals surface area (Å²) in [4.78, 5) is 12.9. The van der Waals surface area contributed by atoms with Crippen LogP contribution in [0.4, 0.5) is 0 Å². The van der Waals surface area contributed by atoms with Gasteiger partial charge in [0.15, 0.2) is 0 Å². The molecule has 72 valence electrons. The van der Waals surface area contributed by atoms with Gasteiger partial charge in [-0.2, -0.15) is 0 Å². The molecule has 0 saturated carbocycles. The minimum absolute atomic E-state index is 0.0514. The van der Waals surface area contributed by atoms with Gasteiger partial charge in [-0.15, -0.1) is 0 Å². The first kappa shape index (κ1) is 11.4. The van der Waals surface area contributed by atoms with Crippen molar-refractivity contribution in [3.8, 4) is 0 Å². The molecule has 0 aromatic heterocycles. The molecule has 0 aromatic rings. The largest absolute Gasteiger partial charge is 0.352 e. The third kappa shape index (κ3) is 5.13. The van der Waals surface area contributed by atoms with Crippen molar-refractivity contribution in [3.05, 3.63) is 0 Å². The first-order chi connectivity index (χ1) is 5.43. The Balaban J connectivity index is 3.95. The Labute approximate surface area is 75.1 Å². The van der Waals surface area contributed by atoms with Gasteiger partial charge in [0.1, 0.15) is 0 Å². The van der Waals surface area contributed by atoms with Crippen molar-refractivity contribution < 1.29 is 4.79 Å². The minimum atomic E-state index is 0.0514. The number of amides is 1. The zero-order valence-corrected chi connectivity index (χ0v) is 8.72. The van der Waals surface area contributed by atoms with Gasteiger partial charge in [-0.1, -0.05) is 13.8 Å². The SMILES string of the molecule is CC(=O)NC(CN(C)C)C(C)C. The van der Waals surface area contributed by atoms with Crippen molar-refractivity contribution in [2.24, 2.45) is 5.92 Å². The Morgan fingerprint density at radius 1 is 1.42 bits per heavy atom. The maximum absolute atomic E-state index is 10.8. The molecule has 0 radical (unpaired) electrons. The fourth-order valence-electron chi connectivity index (χ4n) is 1.08. The zero-order chi connectivity index (χ0) is 9.72. The van der Waals surface area contributed by atoms with Crippen LogP contribution in [0.3, 0.4) is 0 Å². The molecule has 1 N–H and O–H groups in total. The highest BCUT2D eigenvalue weighted by molar-refractivity contribution is 5.73. The molecule has 0 heterocycles. The standard InChI is InChI=1S/C9H20N2O/c1-7(2)9(6-11(4)5)10-8(3)12/h7,9H,6H2,1-5H3,(H,10,12). The van der Waals surface area contributed by atoms with Gasteiger partial charge in [-0.25, -0.2) is 0 Å². The summed E-state index contributed by atoms with van der Waals surface area (Å²) in [6.07, 6.45) is 0. The first-order valence-corrected chi connectivity index (χ1v) is 4.35. The van der Waals surface area contributed by atoms with E-state index in [9.17, 15) is 4.79 Å². The Hall–Kier alpha value is -0.570. The van der Waals surface area contributed by atoms with Crippen molar-refractivity contribution in [2.75, 3.05) is 20.6 Å². The summed E-state index contributed by atoms with van der Waals surface area (Å²) in [5.41, 5.74) is 0. The van der Waals surface area contributed by atoms with Crippen LogP contribution in [0, 0.1) is 5.92 Å². The molecule has 1 amide bonds. The van der Waals surface area contributed by atoms with Gasteiger partial charge in [-0.3, -0.25) is 4.79 Å². The van der Waals surface area contributed by atoms with Gasteiger partial charge < -0.3 is 10.2 Å². The number of hydrogen-bond donors (Lipinski definition) is 1. The van der Waals surface area contributed by atoms with E-state index in [4.69, 9.17) is 0 Å². The highest BCUT2D eigenvalue weighted by Crippen LogP contribution is 2.01. The van der Waals surface area contributed by atoms with Crippen LogP contribution in [0.1, 0.15) is 20.8 Å². The lowest BCUT2D eigenvalue weighted by Gasteiger charge is -2.24. The summed E-state index contributed by atoms with van der Waals surface area (Å²) in [6.45, 7) is 6.69. The first-order valence-electron chi connectivity index (χ1n) is 4.35. The molecule has 0 saturated heterocycles. The molecule has 3 nitrogen and oxygen atoms in total. The van der Waals surface area contributed by atoms with E-state index in [-0.39, 0.29) is 11.9 Å². The molecular weight excluding hydrogens is 152 g/mol. The van der Waals surface area contributed by atoms with E-state index < -0.39 is 0 Å². The smallest absolute Gasteiger partial charge is 0.217 e. The topological polar surface area (TPSA) is 32.3 Å². The van der Waals surface area contributed by atoms with Crippen LogP contribution in [0.5, 0.6) is 0 Å². The average molecular weight is 172 g/mol. The predicted molar refractivity (Wildman–Crippen MR) is 51.0 cm³/mol. The highest BCUT2D eigenvalue weighted by Gasteiger charge is 2.14. The molecule has 0 aliphatic rings. The summed E-state index contributed by atoms with van der Waals surface area (Å²) in [5, 5.41) is 2.93. The zero-order valence-electron chi connectivity index (χ0n) is 8.72. The second kappa shape index (κ2) is 5.14. The van der Waals surface area contributed by atoms with Crippen molar-refractivity contribution in [3.63, 3.8) is 0 Å². The van der Waals surface area contributed by atoms with Crippen LogP contribution in [-0.2, 0) is 4.79 Å². The normalized spacial score (nSPS) is 13.6. The second-order valence-electron chi connectivity index (χ2n) is 3.81. The quantitative estimate of drug-likeness (QED) is 0.677. The van der Waals surface area contributed by atoms with Crippen LogP contribution in [0.15, 0.2) is 0 Å². The fourth-order valence-corrected chi connectivity index (χ4v) is 1.08. The van der Waals surface area contributed by atoms with E-state index in [2.05, 4.69) is 24.1 Å². The second-order valence-corrected chi connectivity index (χ2v) is 3.81. The third-order valence-corrected chi connectivity index (χ3v) is 1.76. The Kier molecular flexibility index (Phi) is 4.90. The number of hydrogen-bond acceptors (Lipinski definition) is 2. The van der Waals surface area contributed by atoms with Crippen molar-refractivity contribution in [2.45, 2.75) is 26.8 Å². The number of nitrogens with one attached hydrogen (secondary N) is 1. The summed E-state index contributed by atoms with van der Waals surface area (Å²) >= 11 is 0. The lowest BCUT2D eigenvalue weighted by molar-refractivity contribution is -0.120. The lowest BCUT2D eigenvalue weighted by atomic mass is 10.0. The summed E-state index contributed by atoms with van der Waals surface area (Å²) in [5.74, 6) is 0.534. The summed E-state index contributed by atoms with van der Waals surface area (Å²) < 4.78 is 0. The van der Waals surface area contributed by atoms with Gasteiger partial charge in [-0.05, 0) is 20.0 Å². The van der Waals surface area contributed by atoms with E-state index >= 15 is 0 Å². The number of carbonyl (C=O) groups is 1. The third-order valence-electron chi connectivity index (χ3n) is 1.76. The highest BCUT2D eigenvalue weighted by atomic mass is 16.1. The van der Waals surface area contributed by atoms with E-state index in [1.165, 1.54) is 0 Å². The lowest BCUT2D eigenvalue weighted by Crippen LogP contribution is -2.44. The van der Waals surface area contributed by atoms with Crippen LogP contribution in [0.2, 0.25) is 0 Å². The summed E-state index contributed by atoms with van der Waals surface area (Å²) in [7, 11) is 4.02. The number of rotatable bonds is 4. The van der Waals surface area contributed by atoms with Gasteiger partial charge in [0.25, 0.3) is 0 Å². The molecule has 0 spiro atoms. The molecule has 0 bridgehead atoms. The van der Waals surface area contributed by atoms with Crippen molar-refractivity contribution in [1.82, 2.24) is 10.2 Å². The monoisotopic (exact) mass is 172 g/mol. The Morgan fingerprint density at radius 3 is 2.17 bits per heavy atom. The van der Waals surface area contributed by atoms with E-state index in [0.29, 0.717) is 5.92 Å². The van der Waals surface area contributed by atoms with Gasteiger partial charge in [0.2, 0.25) is 5.91 Å². The van der Waals surface area contributed by atoms with Gasteiger partial charge in [0.05, 0.1) is 0 Å². The minimum Gasteiger partial charge on any atom is -0.352 e. The number of carbonyl (C=O) groups excluding carboxylic acids is 1. The number of nitrogens with zero attached hydrogens (tertiary/aromatic N) is 1. The maximum Gasteiger partial charge on any atom is 0.217 e. The molecule has 0 aromatic carbocycles.